The van der Waals surface area contributed by atoms with E-state index in [0.29, 0.717) is 25.1 Å². The van der Waals surface area contributed by atoms with Crippen molar-refractivity contribution in [1.29, 1.82) is 0 Å². The Morgan fingerprint density at radius 3 is 2.47 bits per heavy atom. The first-order chi connectivity index (χ1) is 14.3. The Morgan fingerprint density at radius 1 is 1.17 bits per heavy atom. The number of aromatic nitrogens is 2. The molecule has 0 saturated carbocycles. The first-order valence-corrected chi connectivity index (χ1v) is 10.7. The molecule has 1 fully saturated rings. The fourth-order valence-electron chi connectivity index (χ4n) is 3.75. The summed E-state index contributed by atoms with van der Waals surface area (Å²) in [4.78, 5) is 0. The standard InChI is InChI=1S/C23H34N2O5/c1-14(2)25-16(5)21(10-17-6-8-19(9-7-17)28-15(3)4)23(24-25)30-22-12-18(27)11-20(13-26)29-22/h6-9,14-15,18,20,22,26-27H,10-13H2,1-5H3. The Bertz CT molecular complexity index is 816. The normalized spacial score (nSPS) is 22.0. The van der Waals surface area contributed by atoms with E-state index in [-0.39, 0.29) is 18.8 Å². The van der Waals surface area contributed by atoms with Gasteiger partial charge in [0.15, 0.2) is 0 Å². The van der Waals surface area contributed by atoms with Gasteiger partial charge in [0, 0.05) is 36.6 Å². The summed E-state index contributed by atoms with van der Waals surface area (Å²) in [7, 11) is 0. The van der Waals surface area contributed by atoms with E-state index in [1.807, 2.05) is 37.6 Å². The van der Waals surface area contributed by atoms with Gasteiger partial charge in [0.25, 0.3) is 0 Å². The topological polar surface area (TPSA) is 86.0 Å². The lowest BCUT2D eigenvalue weighted by Gasteiger charge is -2.31. The molecule has 3 unspecified atom stereocenters. The van der Waals surface area contributed by atoms with Crippen LogP contribution >= 0.6 is 0 Å². The molecule has 1 aromatic carbocycles. The third kappa shape index (κ3) is 5.53. The van der Waals surface area contributed by atoms with Gasteiger partial charge < -0.3 is 24.4 Å². The largest absolute Gasteiger partial charge is 0.491 e. The lowest BCUT2D eigenvalue weighted by atomic mass is 10.0. The maximum atomic E-state index is 10.1. The molecule has 2 heterocycles. The van der Waals surface area contributed by atoms with E-state index in [2.05, 4.69) is 31.1 Å². The predicted octanol–water partition coefficient (Wildman–Crippen LogP) is 3.39. The van der Waals surface area contributed by atoms with E-state index < -0.39 is 18.5 Å². The predicted molar refractivity (Wildman–Crippen MR) is 114 cm³/mol. The van der Waals surface area contributed by atoms with Crippen LogP contribution in [0.25, 0.3) is 0 Å². The molecule has 0 radical (unpaired) electrons. The Kier molecular flexibility index (Phi) is 7.39. The van der Waals surface area contributed by atoms with Gasteiger partial charge in [-0.3, -0.25) is 4.68 Å². The van der Waals surface area contributed by atoms with Crippen molar-refractivity contribution >= 4 is 0 Å². The molecule has 0 bridgehead atoms. The summed E-state index contributed by atoms with van der Waals surface area (Å²) in [6, 6.07) is 8.24. The van der Waals surface area contributed by atoms with E-state index in [4.69, 9.17) is 14.2 Å². The number of hydrogen-bond donors (Lipinski definition) is 2. The average molecular weight is 419 g/mol. The Morgan fingerprint density at radius 2 is 1.87 bits per heavy atom. The second-order valence-electron chi connectivity index (χ2n) is 8.51. The highest BCUT2D eigenvalue weighted by molar-refractivity contribution is 5.38. The van der Waals surface area contributed by atoms with Crippen molar-refractivity contribution in [1.82, 2.24) is 9.78 Å². The highest BCUT2D eigenvalue weighted by Crippen LogP contribution is 2.30. The Balaban J connectivity index is 1.82. The SMILES string of the molecule is Cc1c(Cc2ccc(OC(C)C)cc2)c(OC2CC(O)CC(CO)O2)nn1C(C)C. The summed E-state index contributed by atoms with van der Waals surface area (Å²) in [5.41, 5.74) is 3.16. The van der Waals surface area contributed by atoms with Gasteiger partial charge in [-0.05, 0) is 52.3 Å². The zero-order chi connectivity index (χ0) is 21.8. The van der Waals surface area contributed by atoms with Crippen molar-refractivity contribution in [3.63, 3.8) is 0 Å². The molecule has 2 aromatic rings. The number of aliphatic hydroxyl groups is 2. The third-order valence-electron chi connectivity index (χ3n) is 5.19. The highest BCUT2D eigenvalue weighted by Gasteiger charge is 2.31. The van der Waals surface area contributed by atoms with Gasteiger partial charge >= 0.3 is 0 Å². The van der Waals surface area contributed by atoms with Crippen molar-refractivity contribution in [2.75, 3.05) is 6.61 Å². The number of rotatable bonds is 8. The fraction of sp³-hybridized carbons (Fsp3) is 0.609. The van der Waals surface area contributed by atoms with Crippen molar-refractivity contribution in [2.45, 2.75) is 84.5 Å². The minimum atomic E-state index is -0.638. The zero-order valence-electron chi connectivity index (χ0n) is 18.5. The average Bonchev–Trinajstić information content (AvgIpc) is 2.98. The van der Waals surface area contributed by atoms with E-state index in [1.165, 1.54) is 0 Å². The van der Waals surface area contributed by atoms with Gasteiger partial charge in [0.2, 0.25) is 12.2 Å². The first kappa shape index (κ1) is 22.6. The van der Waals surface area contributed by atoms with Crippen LogP contribution in [0.5, 0.6) is 11.6 Å². The van der Waals surface area contributed by atoms with Gasteiger partial charge in [0.1, 0.15) is 5.75 Å². The van der Waals surface area contributed by atoms with E-state index in [0.717, 1.165) is 22.6 Å². The minimum Gasteiger partial charge on any atom is -0.491 e. The molecule has 3 atom stereocenters. The molecule has 0 amide bonds. The molecule has 7 nitrogen and oxygen atoms in total. The maximum Gasteiger partial charge on any atom is 0.238 e. The molecule has 2 N–H and O–H groups in total. The van der Waals surface area contributed by atoms with Crippen LogP contribution in [0.2, 0.25) is 0 Å². The molecule has 30 heavy (non-hydrogen) atoms. The molecule has 0 spiro atoms. The van der Waals surface area contributed by atoms with Crippen LogP contribution in [-0.2, 0) is 11.2 Å². The zero-order valence-corrected chi connectivity index (χ0v) is 18.5. The quantitative estimate of drug-likeness (QED) is 0.684. The maximum absolute atomic E-state index is 10.1. The van der Waals surface area contributed by atoms with E-state index in [9.17, 15) is 10.2 Å². The van der Waals surface area contributed by atoms with Gasteiger partial charge in [-0.15, -0.1) is 5.10 Å². The third-order valence-corrected chi connectivity index (χ3v) is 5.19. The summed E-state index contributed by atoms with van der Waals surface area (Å²) in [6.45, 7) is 10.1. The fourth-order valence-corrected chi connectivity index (χ4v) is 3.75. The van der Waals surface area contributed by atoms with Crippen molar-refractivity contribution < 1.29 is 24.4 Å². The molecule has 166 valence electrons. The van der Waals surface area contributed by atoms with Gasteiger partial charge in [0.05, 0.1) is 24.9 Å². The van der Waals surface area contributed by atoms with Crippen LogP contribution in [0.3, 0.4) is 0 Å². The number of ether oxygens (including phenoxy) is 3. The lowest BCUT2D eigenvalue weighted by Crippen LogP contribution is -2.40. The van der Waals surface area contributed by atoms with Crippen molar-refractivity contribution in [2.24, 2.45) is 0 Å². The summed E-state index contributed by atoms with van der Waals surface area (Å²) >= 11 is 0. The molecular formula is C23H34N2O5. The molecule has 1 aromatic heterocycles. The van der Waals surface area contributed by atoms with Crippen LogP contribution in [0.4, 0.5) is 0 Å². The molecule has 7 heteroatoms. The van der Waals surface area contributed by atoms with Gasteiger partial charge in [-0.2, -0.15) is 0 Å². The highest BCUT2D eigenvalue weighted by atomic mass is 16.7. The van der Waals surface area contributed by atoms with Crippen molar-refractivity contribution in [3.8, 4) is 11.6 Å². The molecule has 1 aliphatic heterocycles. The lowest BCUT2D eigenvalue weighted by molar-refractivity contribution is -0.186. The molecule has 1 saturated heterocycles. The van der Waals surface area contributed by atoms with Crippen molar-refractivity contribution in [3.05, 3.63) is 41.1 Å². The summed E-state index contributed by atoms with van der Waals surface area (Å²) in [6.07, 6.45) is -0.0697. The van der Waals surface area contributed by atoms with Crippen LogP contribution in [0.15, 0.2) is 24.3 Å². The molecule has 1 aliphatic rings. The van der Waals surface area contributed by atoms with Gasteiger partial charge in [-0.25, -0.2) is 0 Å². The number of hydrogen-bond acceptors (Lipinski definition) is 6. The molecule has 0 aliphatic carbocycles. The van der Waals surface area contributed by atoms with E-state index >= 15 is 0 Å². The summed E-state index contributed by atoms with van der Waals surface area (Å²) in [5.74, 6) is 1.36. The van der Waals surface area contributed by atoms with E-state index in [1.54, 1.807) is 0 Å². The van der Waals surface area contributed by atoms with Crippen LogP contribution < -0.4 is 9.47 Å². The second-order valence-corrected chi connectivity index (χ2v) is 8.51. The smallest absolute Gasteiger partial charge is 0.238 e. The summed E-state index contributed by atoms with van der Waals surface area (Å²) in [5, 5.41) is 24.2. The minimum absolute atomic E-state index is 0.135. The monoisotopic (exact) mass is 418 g/mol. The Hall–Kier alpha value is -2.09. The summed E-state index contributed by atoms with van der Waals surface area (Å²) < 4.78 is 19.6. The van der Waals surface area contributed by atoms with Crippen LogP contribution in [-0.4, -0.2) is 51.2 Å². The number of benzene rings is 1. The van der Waals surface area contributed by atoms with Crippen LogP contribution in [0.1, 0.15) is 63.4 Å². The van der Waals surface area contributed by atoms with Crippen LogP contribution in [0, 0.1) is 6.92 Å². The molecular weight excluding hydrogens is 384 g/mol. The Labute approximate surface area is 178 Å². The number of aliphatic hydroxyl groups excluding tert-OH is 2. The molecule has 3 rings (SSSR count). The van der Waals surface area contributed by atoms with Gasteiger partial charge in [-0.1, -0.05) is 12.1 Å². The first-order valence-electron chi connectivity index (χ1n) is 10.7. The second kappa shape index (κ2) is 9.81. The number of nitrogens with zero attached hydrogens (tertiary/aromatic N) is 2.